The fourth-order valence-electron chi connectivity index (χ4n) is 4.18. The summed E-state index contributed by atoms with van der Waals surface area (Å²) in [4.78, 5) is 14.8. The first kappa shape index (κ1) is 22.7. The Bertz CT molecular complexity index is 1650. The van der Waals surface area contributed by atoms with E-state index in [-0.39, 0.29) is 5.82 Å². The van der Waals surface area contributed by atoms with Gasteiger partial charge in [-0.1, -0.05) is 70.2 Å². The number of hydrogen-bond donors (Lipinski definition) is 1. The summed E-state index contributed by atoms with van der Waals surface area (Å²) in [5.74, 6) is -0.131. The number of benzene rings is 2. The van der Waals surface area contributed by atoms with Crippen LogP contribution in [0.25, 0.3) is 16.8 Å². The van der Waals surface area contributed by atoms with Gasteiger partial charge in [-0.05, 0) is 42.0 Å². The van der Waals surface area contributed by atoms with Crippen molar-refractivity contribution in [3.8, 4) is 0 Å². The van der Waals surface area contributed by atoms with E-state index in [1.165, 1.54) is 11.8 Å². The number of anilines is 1. The zero-order chi connectivity index (χ0) is 24.6. The molecule has 2 bridgehead atoms. The number of fused-ring (bicyclic) bond motifs is 3. The summed E-state index contributed by atoms with van der Waals surface area (Å²) in [6, 6.07) is 17.7. The Morgan fingerprint density at radius 1 is 1.00 bits per heavy atom. The van der Waals surface area contributed by atoms with E-state index in [9.17, 15) is 0 Å². The molecule has 0 radical (unpaired) electrons. The van der Waals surface area contributed by atoms with Crippen molar-refractivity contribution in [1.82, 2.24) is 14.4 Å². The highest BCUT2D eigenvalue weighted by Gasteiger charge is 2.25. The van der Waals surface area contributed by atoms with E-state index in [1.54, 1.807) is 18.5 Å². The zero-order valence-corrected chi connectivity index (χ0v) is 21.3. The summed E-state index contributed by atoms with van der Waals surface area (Å²) in [5.41, 5.74) is 10.6. The lowest BCUT2D eigenvalue weighted by atomic mass is 10.1. The lowest BCUT2D eigenvalue weighted by molar-refractivity contribution is 0.682. The highest BCUT2D eigenvalue weighted by Crippen LogP contribution is 2.37. The first-order valence-corrected chi connectivity index (χ1v) is 12.9. The van der Waals surface area contributed by atoms with E-state index in [0.717, 1.165) is 20.5 Å². The van der Waals surface area contributed by atoms with Gasteiger partial charge in [-0.2, -0.15) is 0 Å². The Hall–Kier alpha value is -3.75. The van der Waals surface area contributed by atoms with Crippen LogP contribution < -0.4 is 5.73 Å². The minimum atomic E-state index is -0.415. The Balaban J connectivity index is 1.50. The number of aliphatic imine (C=N–C) groups is 1. The third-order valence-electron chi connectivity index (χ3n) is 5.93. The van der Waals surface area contributed by atoms with Crippen molar-refractivity contribution in [3.05, 3.63) is 118 Å². The second kappa shape index (κ2) is 9.37. The third-order valence-corrected chi connectivity index (χ3v) is 7.44. The number of aromatic nitrogens is 3. The second-order valence-corrected chi connectivity index (χ2v) is 10.2. The third kappa shape index (κ3) is 4.23. The molecule has 4 aromatic rings. The molecule has 0 saturated carbocycles. The van der Waals surface area contributed by atoms with E-state index < -0.39 is 5.83 Å². The number of allylic oxidation sites excluding steroid dienone is 7. The second-order valence-electron chi connectivity index (χ2n) is 8.29. The minimum absolute atomic E-state index is 0.284. The highest BCUT2D eigenvalue weighted by molar-refractivity contribution is 9.10. The molecule has 176 valence electrons. The minimum Gasteiger partial charge on any atom is -0.382 e. The van der Waals surface area contributed by atoms with Crippen molar-refractivity contribution in [2.75, 3.05) is 5.73 Å². The van der Waals surface area contributed by atoms with Gasteiger partial charge in [-0.3, -0.25) is 4.40 Å². The maximum absolute atomic E-state index is 16.2. The molecule has 5 nitrogen and oxygen atoms in total. The number of rotatable bonds is 4. The van der Waals surface area contributed by atoms with Gasteiger partial charge < -0.3 is 5.73 Å². The van der Waals surface area contributed by atoms with Gasteiger partial charge in [0.05, 0.1) is 11.4 Å². The van der Waals surface area contributed by atoms with Crippen LogP contribution in [0.4, 0.5) is 10.2 Å². The summed E-state index contributed by atoms with van der Waals surface area (Å²) in [5, 5.41) is 0.667. The summed E-state index contributed by atoms with van der Waals surface area (Å²) in [6.45, 7) is 0. The number of nitrogens with zero attached hydrogens (tertiary/aromatic N) is 4. The Kier molecular flexibility index (Phi) is 5.91. The van der Waals surface area contributed by atoms with Crippen LogP contribution in [-0.2, 0) is 0 Å². The average Bonchev–Trinajstić information content (AvgIpc) is 3.03. The summed E-state index contributed by atoms with van der Waals surface area (Å²) in [6.07, 6.45) is 11.4. The number of nitrogen functional groups attached to an aromatic ring is 1. The molecule has 2 aromatic carbocycles. The van der Waals surface area contributed by atoms with Crippen LogP contribution in [0.3, 0.4) is 0 Å². The maximum Gasteiger partial charge on any atom is 0.178 e. The van der Waals surface area contributed by atoms with Crippen LogP contribution in [0.15, 0.2) is 122 Å². The van der Waals surface area contributed by atoms with Gasteiger partial charge in [0, 0.05) is 39.3 Å². The van der Waals surface area contributed by atoms with Crippen molar-refractivity contribution >= 4 is 56.0 Å². The van der Waals surface area contributed by atoms with Crippen molar-refractivity contribution in [3.63, 3.8) is 0 Å². The van der Waals surface area contributed by atoms with Crippen LogP contribution >= 0.6 is 27.7 Å². The molecule has 6 rings (SSSR count). The van der Waals surface area contributed by atoms with Crippen LogP contribution in [0.5, 0.6) is 0 Å². The Labute approximate surface area is 219 Å². The molecule has 8 heteroatoms. The number of nitrogens with two attached hydrogens (primary N) is 1. The lowest BCUT2D eigenvalue weighted by Crippen LogP contribution is -2.02. The maximum atomic E-state index is 16.2. The molecule has 2 aromatic heterocycles. The smallest absolute Gasteiger partial charge is 0.178 e. The van der Waals surface area contributed by atoms with Gasteiger partial charge in [0.2, 0.25) is 0 Å². The normalized spacial score (nSPS) is 15.3. The van der Waals surface area contributed by atoms with Gasteiger partial charge in [-0.25, -0.2) is 19.4 Å². The molecule has 3 heterocycles. The Morgan fingerprint density at radius 2 is 1.81 bits per heavy atom. The van der Waals surface area contributed by atoms with E-state index >= 15 is 4.39 Å². The molecule has 36 heavy (non-hydrogen) atoms. The van der Waals surface area contributed by atoms with Gasteiger partial charge >= 0.3 is 0 Å². The molecule has 0 amide bonds. The number of halogens is 2. The number of imidazole rings is 1. The standard InChI is InChI=1S/C28H19BrFN5S/c29-19-8-10-20(11-9-19)36-28-34-25(26-27(31)32-14-15-35(26)28)21-12-6-17-7-13-22(18-4-2-1-3-5-18)33-23(16-17)24(21)30/h1-15H,16H2,(H2,31,32). The quantitative estimate of drug-likeness (QED) is 0.287. The van der Waals surface area contributed by atoms with Crippen LogP contribution in [0.1, 0.15) is 17.7 Å². The first-order valence-electron chi connectivity index (χ1n) is 11.3. The topological polar surface area (TPSA) is 68.6 Å². The van der Waals surface area contributed by atoms with E-state index in [0.29, 0.717) is 39.8 Å². The monoisotopic (exact) mass is 555 g/mol. The molecular weight excluding hydrogens is 537 g/mol. The molecule has 2 aliphatic rings. The van der Waals surface area contributed by atoms with E-state index in [2.05, 4.69) is 20.9 Å². The lowest BCUT2D eigenvalue weighted by Gasteiger charge is -2.07. The Morgan fingerprint density at radius 3 is 2.61 bits per heavy atom. The fraction of sp³-hybridized carbons (Fsp3) is 0.0357. The van der Waals surface area contributed by atoms with Gasteiger partial charge in [0.25, 0.3) is 0 Å². The van der Waals surface area contributed by atoms with Gasteiger partial charge in [0.1, 0.15) is 17.0 Å². The molecule has 0 saturated heterocycles. The van der Waals surface area contributed by atoms with Gasteiger partial charge in [0.15, 0.2) is 11.0 Å². The van der Waals surface area contributed by atoms with Gasteiger partial charge in [-0.15, -0.1) is 0 Å². The summed E-state index contributed by atoms with van der Waals surface area (Å²) in [7, 11) is 0. The number of hydrogen-bond acceptors (Lipinski definition) is 5. The molecule has 0 spiro atoms. The highest BCUT2D eigenvalue weighted by atomic mass is 79.9. The molecule has 0 atom stereocenters. The molecule has 0 unspecified atom stereocenters. The van der Waals surface area contributed by atoms with Crippen molar-refractivity contribution in [1.29, 1.82) is 0 Å². The van der Waals surface area contributed by atoms with Crippen LogP contribution in [0, 0.1) is 0 Å². The molecular formula is C28H19BrFN5S. The zero-order valence-electron chi connectivity index (χ0n) is 18.9. The fourth-order valence-corrected chi connectivity index (χ4v) is 5.31. The van der Waals surface area contributed by atoms with E-state index in [1.807, 2.05) is 77.2 Å². The molecule has 2 N–H and O–H groups in total. The largest absolute Gasteiger partial charge is 0.382 e. The summed E-state index contributed by atoms with van der Waals surface area (Å²) >= 11 is 4.94. The molecule has 0 fully saturated rings. The molecule has 1 aliphatic carbocycles. The van der Waals surface area contributed by atoms with E-state index in [4.69, 9.17) is 15.7 Å². The van der Waals surface area contributed by atoms with Crippen molar-refractivity contribution in [2.45, 2.75) is 16.5 Å². The van der Waals surface area contributed by atoms with Crippen LogP contribution in [0.2, 0.25) is 0 Å². The predicted molar refractivity (Wildman–Crippen MR) is 147 cm³/mol. The SMILES string of the molecule is Nc1nccn2c(Sc3ccc(Br)cc3)nc(C3=C(F)C4=NC(c5ccccc5)=CC=C(C=C3)C4)c12. The molecule has 1 aliphatic heterocycles. The summed E-state index contributed by atoms with van der Waals surface area (Å²) < 4.78 is 19.0. The predicted octanol–water partition coefficient (Wildman–Crippen LogP) is 7.29. The van der Waals surface area contributed by atoms with Crippen molar-refractivity contribution < 1.29 is 4.39 Å². The average molecular weight is 556 g/mol. The first-order chi connectivity index (χ1) is 17.6. The van der Waals surface area contributed by atoms with Crippen molar-refractivity contribution in [2.24, 2.45) is 4.99 Å². The van der Waals surface area contributed by atoms with Crippen LogP contribution in [-0.4, -0.2) is 20.1 Å².